The molecule has 0 amide bonds. The van der Waals surface area contributed by atoms with Crippen LogP contribution in [-0.4, -0.2) is 37.7 Å². The van der Waals surface area contributed by atoms with Crippen LogP contribution >= 0.6 is 0 Å². The highest BCUT2D eigenvalue weighted by Gasteiger charge is 2.29. The summed E-state index contributed by atoms with van der Waals surface area (Å²) in [5.74, 6) is 0.957. The fraction of sp³-hybridized carbons (Fsp3) is 0.647. The number of rotatable bonds is 9. The SMILES string of the molecule is CCCN(CC(NC)c1ccc(OCC)cc1)C1CC1. The van der Waals surface area contributed by atoms with Crippen LogP contribution in [-0.2, 0) is 0 Å². The number of benzene rings is 1. The third-order valence-electron chi connectivity index (χ3n) is 3.93. The lowest BCUT2D eigenvalue weighted by Crippen LogP contribution is -2.35. The van der Waals surface area contributed by atoms with Crippen LogP contribution in [0.15, 0.2) is 24.3 Å². The Morgan fingerprint density at radius 1 is 1.25 bits per heavy atom. The number of hydrogen-bond donors (Lipinski definition) is 1. The Hall–Kier alpha value is -1.06. The standard InChI is InChI=1S/C17H28N2O/c1-4-12-19(15-8-9-15)13-17(18-3)14-6-10-16(11-7-14)20-5-2/h6-7,10-11,15,17-18H,4-5,8-9,12-13H2,1-3H3. The van der Waals surface area contributed by atoms with Gasteiger partial charge in [0.1, 0.15) is 5.75 Å². The summed E-state index contributed by atoms with van der Waals surface area (Å²) in [5.41, 5.74) is 1.35. The van der Waals surface area contributed by atoms with Gasteiger partial charge in [0.15, 0.2) is 0 Å². The third-order valence-corrected chi connectivity index (χ3v) is 3.93. The summed E-state index contributed by atoms with van der Waals surface area (Å²) in [5, 5.41) is 3.46. The van der Waals surface area contributed by atoms with Gasteiger partial charge in [-0.3, -0.25) is 4.90 Å². The van der Waals surface area contributed by atoms with Crippen molar-refractivity contribution in [2.75, 3.05) is 26.7 Å². The van der Waals surface area contributed by atoms with Crippen molar-refractivity contribution in [2.45, 2.75) is 45.2 Å². The van der Waals surface area contributed by atoms with Crippen molar-refractivity contribution in [3.8, 4) is 5.75 Å². The Bertz CT molecular complexity index is 386. The van der Waals surface area contributed by atoms with Gasteiger partial charge in [0.2, 0.25) is 0 Å². The van der Waals surface area contributed by atoms with Crippen molar-refractivity contribution >= 4 is 0 Å². The zero-order valence-corrected chi connectivity index (χ0v) is 13.1. The van der Waals surface area contributed by atoms with Crippen LogP contribution < -0.4 is 10.1 Å². The molecule has 1 unspecified atom stereocenters. The van der Waals surface area contributed by atoms with E-state index in [2.05, 4.69) is 48.5 Å². The van der Waals surface area contributed by atoms with Crippen molar-refractivity contribution in [3.63, 3.8) is 0 Å². The predicted octanol–water partition coefficient (Wildman–Crippen LogP) is 3.22. The number of hydrogen-bond acceptors (Lipinski definition) is 3. The summed E-state index contributed by atoms with van der Waals surface area (Å²) in [4.78, 5) is 2.64. The molecule has 1 fully saturated rings. The lowest BCUT2D eigenvalue weighted by atomic mass is 10.1. The zero-order chi connectivity index (χ0) is 14.4. The van der Waals surface area contributed by atoms with E-state index in [1.165, 1.54) is 31.4 Å². The Labute approximate surface area is 123 Å². The molecular weight excluding hydrogens is 248 g/mol. The van der Waals surface area contributed by atoms with Crippen molar-refractivity contribution in [1.29, 1.82) is 0 Å². The summed E-state index contributed by atoms with van der Waals surface area (Å²) >= 11 is 0. The molecule has 3 heteroatoms. The van der Waals surface area contributed by atoms with Crippen LogP contribution in [0.4, 0.5) is 0 Å². The number of likely N-dealkylation sites (N-methyl/N-ethyl adjacent to an activating group) is 1. The Balaban J connectivity index is 1.98. The number of nitrogens with one attached hydrogen (secondary N) is 1. The third kappa shape index (κ3) is 4.22. The van der Waals surface area contributed by atoms with Crippen molar-refractivity contribution in [2.24, 2.45) is 0 Å². The largest absolute Gasteiger partial charge is 0.494 e. The first-order chi connectivity index (χ1) is 9.78. The van der Waals surface area contributed by atoms with Crippen LogP contribution in [0.25, 0.3) is 0 Å². The minimum Gasteiger partial charge on any atom is -0.494 e. The van der Waals surface area contributed by atoms with E-state index in [1.807, 2.05) is 6.92 Å². The van der Waals surface area contributed by atoms with Crippen LogP contribution in [0.5, 0.6) is 5.75 Å². The van der Waals surface area contributed by atoms with Gasteiger partial charge in [-0.05, 0) is 57.5 Å². The maximum Gasteiger partial charge on any atom is 0.119 e. The van der Waals surface area contributed by atoms with Crippen LogP contribution in [0.2, 0.25) is 0 Å². The molecule has 1 aliphatic carbocycles. The van der Waals surface area contributed by atoms with E-state index in [0.717, 1.165) is 24.9 Å². The second kappa shape index (κ2) is 7.65. The van der Waals surface area contributed by atoms with Crippen molar-refractivity contribution < 1.29 is 4.74 Å². The maximum absolute atomic E-state index is 5.51. The molecule has 0 heterocycles. The van der Waals surface area contributed by atoms with Crippen LogP contribution in [0, 0.1) is 0 Å². The summed E-state index contributed by atoms with van der Waals surface area (Å²) in [7, 11) is 2.05. The Morgan fingerprint density at radius 3 is 2.45 bits per heavy atom. The lowest BCUT2D eigenvalue weighted by Gasteiger charge is -2.27. The van der Waals surface area contributed by atoms with Gasteiger partial charge < -0.3 is 10.1 Å². The molecule has 3 nitrogen and oxygen atoms in total. The van der Waals surface area contributed by atoms with Crippen LogP contribution in [0.1, 0.15) is 44.7 Å². The summed E-state index contributed by atoms with van der Waals surface area (Å²) in [6.07, 6.45) is 3.98. The fourth-order valence-corrected chi connectivity index (χ4v) is 2.71. The lowest BCUT2D eigenvalue weighted by molar-refractivity contribution is 0.237. The van der Waals surface area contributed by atoms with E-state index in [-0.39, 0.29) is 0 Å². The highest BCUT2D eigenvalue weighted by Crippen LogP contribution is 2.29. The van der Waals surface area contributed by atoms with E-state index in [4.69, 9.17) is 4.74 Å². The second-order valence-corrected chi connectivity index (χ2v) is 5.57. The average molecular weight is 276 g/mol. The molecule has 0 saturated heterocycles. The molecule has 0 aliphatic heterocycles. The van der Waals surface area contributed by atoms with E-state index >= 15 is 0 Å². The van der Waals surface area contributed by atoms with Gasteiger partial charge in [0, 0.05) is 18.6 Å². The molecule has 2 rings (SSSR count). The highest BCUT2D eigenvalue weighted by molar-refractivity contribution is 5.29. The van der Waals surface area contributed by atoms with E-state index in [9.17, 15) is 0 Å². The second-order valence-electron chi connectivity index (χ2n) is 5.57. The first-order valence-corrected chi connectivity index (χ1v) is 7.92. The van der Waals surface area contributed by atoms with Gasteiger partial charge >= 0.3 is 0 Å². The van der Waals surface area contributed by atoms with Gasteiger partial charge in [0.25, 0.3) is 0 Å². The Morgan fingerprint density at radius 2 is 1.95 bits per heavy atom. The summed E-state index contributed by atoms with van der Waals surface area (Å²) in [6.45, 7) is 7.31. The molecule has 0 bridgehead atoms. The highest BCUT2D eigenvalue weighted by atomic mass is 16.5. The number of nitrogens with zero attached hydrogens (tertiary/aromatic N) is 1. The minimum absolute atomic E-state index is 0.401. The normalized spacial score (nSPS) is 16.4. The molecule has 1 N–H and O–H groups in total. The van der Waals surface area contributed by atoms with E-state index < -0.39 is 0 Å². The summed E-state index contributed by atoms with van der Waals surface area (Å²) in [6, 6.07) is 9.74. The average Bonchev–Trinajstić information content (AvgIpc) is 3.29. The van der Waals surface area contributed by atoms with E-state index in [0.29, 0.717) is 6.04 Å². The van der Waals surface area contributed by atoms with Gasteiger partial charge in [-0.1, -0.05) is 19.1 Å². The molecule has 1 atom stereocenters. The predicted molar refractivity (Wildman–Crippen MR) is 84.3 cm³/mol. The molecule has 0 radical (unpaired) electrons. The fourth-order valence-electron chi connectivity index (χ4n) is 2.71. The van der Waals surface area contributed by atoms with Gasteiger partial charge in [-0.2, -0.15) is 0 Å². The molecule has 112 valence electrons. The molecule has 0 spiro atoms. The maximum atomic E-state index is 5.51. The summed E-state index contributed by atoms with van der Waals surface area (Å²) < 4.78 is 5.51. The molecule has 1 saturated carbocycles. The first-order valence-electron chi connectivity index (χ1n) is 7.92. The van der Waals surface area contributed by atoms with Gasteiger partial charge in [-0.25, -0.2) is 0 Å². The molecule has 0 aromatic heterocycles. The molecule has 20 heavy (non-hydrogen) atoms. The van der Waals surface area contributed by atoms with Gasteiger partial charge in [0.05, 0.1) is 6.61 Å². The first kappa shape index (κ1) is 15.3. The van der Waals surface area contributed by atoms with Crippen molar-refractivity contribution in [3.05, 3.63) is 29.8 Å². The van der Waals surface area contributed by atoms with Crippen molar-refractivity contribution in [1.82, 2.24) is 10.2 Å². The molecule has 1 aromatic carbocycles. The van der Waals surface area contributed by atoms with E-state index in [1.54, 1.807) is 0 Å². The van der Waals surface area contributed by atoms with Gasteiger partial charge in [-0.15, -0.1) is 0 Å². The molecule has 1 aromatic rings. The zero-order valence-electron chi connectivity index (χ0n) is 13.1. The monoisotopic (exact) mass is 276 g/mol. The minimum atomic E-state index is 0.401. The molecular formula is C17H28N2O. The topological polar surface area (TPSA) is 24.5 Å². The Kier molecular flexibility index (Phi) is 5.86. The quantitative estimate of drug-likeness (QED) is 0.749. The molecule has 1 aliphatic rings. The number of ether oxygens (including phenoxy) is 1. The smallest absolute Gasteiger partial charge is 0.119 e. The van der Waals surface area contributed by atoms with Crippen LogP contribution in [0.3, 0.4) is 0 Å².